The first kappa shape index (κ1) is 16.1. The molecule has 1 saturated carbocycles. The van der Waals surface area contributed by atoms with E-state index in [1.54, 1.807) is 13.1 Å². The number of carbonyl (C=O) groups is 1. The van der Waals surface area contributed by atoms with Gasteiger partial charge >= 0.3 is 5.97 Å². The number of carbonyl (C=O) groups excluding carboxylic acids is 1. The summed E-state index contributed by atoms with van der Waals surface area (Å²) in [4.78, 5) is 20.3. The first-order valence-corrected chi connectivity index (χ1v) is 8.73. The van der Waals surface area contributed by atoms with Crippen molar-refractivity contribution < 1.29 is 9.53 Å². The molecule has 0 aliphatic heterocycles. The molecule has 1 fully saturated rings. The average molecular weight is 309 g/mol. The molecule has 5 nitrogen and oxygen atoms in total. The molecule has 2 rings (SSSR count). The molecule has 1 aromatic rings. The number of anilines is 1. The summed E-state index contributed by atoms with van der Waals surface area (Å²) >= 11 is 1.96. The summed E-state index contributed by atoms with van der Waals surface area (Å²) in [6.45, 7) is 3.95. The van der Waals surface area contributed by atoms with Crippen LogP contribution in [0.2, 0.25) is 0 Å². The Kier molecular flexibility index (Phi) is 5.85. The molecule has 116 valence electrons. The fourth-order valence-corrected chi connectivity index (χ4v) is 3.31. The molecule has 0 radical (unpaired) electrons. The molecule has 0 saturated heterocycles. The summed E-state index contributed by atoms with van der Waals surface area (Å²) in [6.07, 6.45) is 8.49. The van der Waals surface area contributed by atoms with Crippen LogP contribution in [-0.4, -0.2) is 40.1 Å². The summed E-state index contributed by atoms with van der Waals surface area (Å²) in [5.41, 5.74) is 1.09. The van der Waals surface area contributed by atoms with Gasteiger partial charge in [-0.3, -0.25) is 0 Å². The van der Waals surface area contributed by atoms with Crippen LogP contribution in [0, 0.1) is 6.92 Å². The van der Waals surface area contributed by atoms with Gasteiger partial charge in [-0.2, -0.15) is 11.8 Å². The lowest BCUT2D eigenvalue weighted by atomic mass is 9.95. The second-order valence-electron chi connectivity index (χ2n) is 5.27. The third-order valence-electron chi connectivity index (χ3n) is 3.82. The fraction of sp³-hybridized carbons (Fsp3) is 0.667. The van der Waals surface area contributed by atoms with Crippen molar-refractivity contribution in [2.45, 2.75) is 50.8 Å². The van der Waals surface area contributed by atoms with E-state index in [0.717, 1.165) is 18.1 Å². The topological polar surface area (TPSA) is 64.1 Å². The summed E-state index contributed by atoms with van der Waals surface area (Å²) < 4.78 is 4.98. The normalized spacial score (nSPS) is 21.9. The molecule has 0 bridgehead atoms. The number of rotatable bonds is 5. The number of hydrogen-bond acceptors (Lipinski definition) is 6. The summed E-state index contributed by atoms with van der Waals surface area (Å²) in [5, 5.41) is 4.17. The zero-order valence-electron chi connectivity index (χ0n) is 12.9. The van der Waals surface area contributed by atoms with Crippen molar-refractivity contribution in [1.82, 2.24) is 9.97 Å². The van der Waals surface area contributed by atoms with Crippen LogP contribution in [0.4, 0.5) is 5.95 Å². The van der Waals surface area contributed by atoms with E-state index in [4.69, 9.17) is 4.74 Å². The Morgan fingerprint density at radius 3 is 2.71 bits per heavy atom. The Balaban J connectivity index is 1.96. The smallest absolute Gasteiger partial charge is 0.341 e. The lowest BCUT2D eigenvalue weighted by Gasteiger charge is -2.28. The molecule has 1 aromatic heterocycles. The van der Waals surface area contributed by atoms with Gasteiger partial charge in [-0.25, -0.2) is 14.8 Å². The van der Waals surface area contributed by atoms with E-state index in [9.17, 15) is 4.79 Å². The van der Waals surface area contributed by atoms with Crippen LogP contribution in [-0.2, 0) is 4.74 Å². The highest BCUT2D eigenvalue weighted by atomic mass is 32.2. The fourth-order valence-electron chi connectivity index (χ4n) is 2.57. The van der Waals surface area contributed by atoms with Crippen LogP contribution < -0.4 is 5.32 Å². The predicted molar refractivity (Wildman–Crippen MR) is 85.9 cm³/mol. The zero-order valence-corrected chi connectivity index (χ0v) is 13.7. The lowest BCUT2D eigenvalue weighted by Crippen LogP contribution is -2.28. The van der Waals surface area contributed by atoms with Gasteiger partial charge in [0.15, 0.2) is 0 Å². The molecule has 0 amide bonds. The number of nitrogens with one attached hydrogen (secondary N) is 1. The third kappa shape index (κ3) is 4.33. The van der Waals surface area contributed by atoms with Crippen molar-refractivity contribution in [2.24, 2.45) is 0 Å². The van der Waals surface area contributed by atoms with Crippen LogP contribution in [0.25, 0.3) is 0 Å². The SMILES string of the molecule is CCOC(=O)c1cnc(NC2CCC(SC)CC2)nc1C. The van der Waals surface area contributed by atoms with Crippen LogP contribution in [0.3, 0.4) is 0 Å². The van der Waals surface area contributed by atoms with Crippen molar-refractivity contribution in [1.29, 1.82) is 0 Å². The van der Waals surface area contributed by atoms with Gasteiger partial charge in [0.25, 0.3) is 0 Å². The second kappa shape index (κ2) is 7.64. The molecule has 1 aliphatic carbocycles. The molecule has 1 heterocycles. The van der Waals surface area contributed by atoms with Gasteiger partial charge in [0, 0.05) is 17.5 Å². The van der Waals surface area contributed by atoms with E-state index in [1.807, 2.05) is 18.7 Å². The second-order valence-corrected chi connectivity index (χ2v) is 6.40. The Bertz CT molecular complexity index is 488. The van der Waals surface area contributed by atoms with Crippen molar-refractivity contribution in [3.63, 3.8) is 0 Å². The minimum absolute atomic E-state index is 0.358. The number of esters is 1. The van der Waals surface area contributed by atoms with Crippen molar-refractivity contribution in [3.05, 3.63) is 17.5 Å². The largest absolute Gasteiger partial charge is 0.462 e. The summed E-state index contributed by atoms with van der Waals surface area (Å²) in [6, 6.07) is 0.432. The number of nitrogens with zero attached hydrogens (tertiary/aromatic N) is 2. The van der Waals surface area contributed by atoms with Gasteiger partial charge in [0.05, 0.1) is 17.9 Å². The highest BCUT2D eigenvalue weighted by Gasteiger charge is 2.21. The standard InChI is InChI=1S/C15H23N3O2S/c1-4-20-14(19)13-9-16-15(17-10(13)2)18-11-5-7-12(21-3)8-6-11/h9,11-12H,4-8H2,1-3H3,(H,16,17,18). The minimum Gasteiger partial charge on any atom is -0.462 e. The monoisotopic (exact) mass is 309 g/mol. The Morgan fingerprint density at radius 2 is 2.14 bits per heavy atom. The Labute approximate surface area is 130 Å². The van der Waals surface area contributed by atoms with E-state index in [2.05, 4.69) is 21.5 Å². The molecule has 6 heteroatoms. The number of thioether (sulfide) groups is 1. The first-order valence-electron chi connectivity index (χ1n) is 7.44. The molecule has 0 spiro atoms. The third-order valence-corrected chi connectivity index (χ3v) is 4.95. The molecule has 0 unspecified atom stereocenters. The number of ether oxygens (including phenoxy) is 1. The van der Waals surface area contributed by atoms with E-state index in [0.29, 0.717) is 29.9 Å². The predicted octanol–water partition coefficient (Wildman–Crippen LogP) is 3.05. The molecule has 1 aliphatic rings. The van der Waals surface area contributed by atoms with Gasteiger partial charge in [0.1, 0.15) is 0 Å². The first-order chi connectivity index (χ1) is 10.1. The maximum Gasteiger partial charge on any atom is 0.341 e. The highest BCUT2D eigenvalue weighted by molar-refractivity contribution is 7.99. The van der Waals surface area contributed by atoms with Crippen LogP contribution in [0.1, 0.15) is 48.7 Å². The quantitative estimate of drug-likeness (QED) is 0.843. The minimum atomic E-state index is -0.359. The van der Waals surface area contributed by atoms with Crippen molar-refractivity contribution in [3.8, 4) is 0 Å². The number of hydrogen-bond donors (Lipinski definition) is 1. The van der Waals surface area contributed by atoms with E-state index >= 15 is 0 Å². The molecule has 0 aromatic carbocycles. The Morgan fingerprint density at radius 1 is 1.43 bits per heavy atom. The zero-order chi connectivity index (χ0) is 15.2. The van der Waals surface area contributed by atoms with Gasteiger partial charge < -0.3 is 10.1 Å². The van der Waals surface area contributed by atoms with Gasteiger partial charge in [0.2, 0.25) is 5.95 Å². The number of aromatic nitrogens is 2. The molecule has 0 atom stereocenters. The summed E-state index contributed by atoms with van der Waals surface area (Å²) in [7, 11) is 0. The van der Waals surface area contributed by atoms with Crippen LogP contribution in [0.15, 0.2) is 6.20 Å². The van der Waals surface area contributed by atoms with E-state index in [-0.39, 0.29) is 5.97 Å². The Hall–Kier alpha value is -1.30. The van der Waals surface area contributed by atoms with Crippen LogP contribution >= 0.6 is 11.8 Å². The summed E-state index contributed by atoms with van der Waals surface area (Å²) in [5.74, 6) is 0.246. The van der Waals surface area contributed by atoms with E-state index in [1.165, 1.54) is 12.8 Å². The van der Waals surface area contributed by atoms with Gasteiger partial charge in [-0.15, -0.1) is 0 Å². The van der Waals surface area contributed by atoms with Gasteiger partial charge in [-0.05, 0) is 45.8 Å². The van der Waals surface area contributed by atoms with E-state index < -0.39 is 0 Å². The maximum atomic E-state index is 11.7. The van der Waals surface area contributed by atoms with Crippen LogP contribution in [0.5, 0.6) is 0 Å². The maximum absolute atomic E-state index is 11.7. The van der Waals surface area contributed by atoms with Crippen molar-refractivity contribution in [2.75, 3.05) is 18.2 Å². The number of aryl methyl sites for hydroxylation is 1. The van der Waals surface area contributed by atoms with Gasteiger partial charge in [-0.1, -0.05) is 0 Å². The molecular formula is C15H23N3O2S. The molecular weight excluding hydrogens is 286 g/mol. The molecule has 21 heavy (non-hydrogen) atoms. The average Bonchev–Trinajstić information content (AvgIpc) is 2.48. The van der Waals surface area contributed by atoms with Crippen molar-refractivity contribution >= 4 is 23.7 Å². The highest BCUT2D eigenvalue weighted by Crippen LogP contribution is 2.28. The lowest BCUT2D eigenvalue weighted by molar-refractivity contribution is 0.0524. The molecule has 1 N–H and O–H groups in total.